The molecule has 0 amide bonds. The molecular formula is C19H17ClN4. The number of nitriles is 1. The van der Waals surface area contributed by atoms with Crippen molar-refractivity contribution in [2.45, 2.75) is 6.54 Å². The Balaban J connectivity index is 2.07. The number of hydrogen-bond donors (Lipinski definition) is 1. The van der Waals surface area contributed by atoms with E-state index < -0.39 is 0 Å². The molecule has 24 heavy (non-hydrogen) atoms. The number of aromatic nitrogens is 1. The summed E-state index contributed by atoms with van der Waals surface area (Å²) in [6, 6.07) is 15.7. The fourth-order valence-electron chi connectivity index (χ4n) is 2.70. The molecule has 3 rings (SSSR count). The van der Waals surface area contributed by atoms with Gasteiger partial charge in [0.25, 0.3) is 0 Å². The predicted molar refractivity (Wildman–Crippen MR) is 99.6 cm³/mol. The van der Waals surface area contributed by atoms with Gasteiger partial charge in [0.05, 0.1) is 23.5 Å². The summed E-state index contributed by atoms with van der Waals surface area (Å²) in [5, 5.41) is 15.4. The van der Waals surface area contributed by atoms with Crippen molar-refractivity contribution in [1.82, 2.24) is 4.98 Å². The van der Waals surface area contributed by atoms with Gasteiger partial charge in [0.2, 0.25) is 0 Å². The summed E-state index contributed by atoms with van der Waals surface area (Å²) in [7, 11) is 3.88. The molecular weight excluding hydrogens is 320 g/mol. The number of pyridine rings is 1. The molecule has 120 valence electrons. The van der Waals surface area contributed by atoms with E-state index in [0.29, 0.717) is 17.1 Å². The van der Waals surface area contributed by atoms with E-state index in [-0.39, 0.29) is 0 Å². The van der Waals surface area contributed by atoms with Crippen LogP contribution in [-0.4, -0.2) is 19.1 Å². The molecule has 3 aromatic rings. The Morgan fingerprint density at radius 1 is 1.17 bits per heavy atom. The van der Waals surface area contributed by atoms with E-state index in [1.807, 2.05) is 61.5 Å². The second-order valence-electron chi connectivity index (χ2n) is 5.67. The minimum absolute atomic E-state index is 0.567. The van der Waals surface area contributed by atoms with Gasteiger partial charge in [0.15, 0.2) is 0 Å². The first-order valence-electron chi connectivity index (χ1n) is 7.58. The zero-order valence-electron chi connectivity index (χ0n) is 13.5. The molecule has 0 aliphatic heterocycles. The molecule has 1 N–H and O–H groups in total. The molecule has 0 fully saturated rings. The largest absolute Gasteiger partial charge is 0.379 e. The third-order valence-electron chi connectivity index (χ3n) is 3.86. The lowest BCUT2D eigenvalue weighted by atomic mass is 10.0. The molecule has 5 heteroatoms. The smallest absolute Gasteiger partial charge is 0.136 e. The van der Waals surface area contributed by atoms with E-state index in [0.717, 1.165) is 27.8 Å². The fraction of sp³-hybridized carbons (Fsp3) is 0.158. The minimum Gasteiger partial charge on any atom is -0.379 e. The molecule has 4 nitrogen and oxygen atoms in total. The highest BCUT2D eigenvalue weighted by molar-refractivity contribution is 6.31. The molecule has 0 unspecified atom stereocenters. The van der Waals surface area contributed by atoms with Gasteiger partial charge in [0.1, 0.15) is 5.82 Å². The van der Waals surface area contributed by atoms with E-state index in [4.69, 9.17) is 11.6 Å². The number of nitrogens with one attached hydrogen (secondary N) is 1. The zero-order valence-corrected chi connectivity index (χ0v) is 14.3. The molecule has 0 atom stereocenters. The molecule has 1 aromatic heterocycles. The Bertz CT molecular complexity index is 928. The van der Waals surface area contributed by atoms with Gasteiger partial charge in [-0.15, -0.1) is 0 Å². The van der Waals surface area contributed by atoms with Crippen molar-refractivity contribution in [3.05, 3.63) is 64.8 Å². The summed E-state index contributed by atoms with van der Waals surface area (Å²) >= 11 is 6.22. The SMILES string of the molecule is CN(C)c1ncc(NCc2ccccc2Cl)c2c(C#N)cccc12. The van der Waals surface area contributed by atoms with E-state index in [9.17, 15) is 5.26 Å². The molecule has 0 spiro atoms. The average Bonchev–Trinajstić information content (AvgIpc) is 2.59. The Labute approximate surface area is 146 Å². The number of anilines is 2. The molecule has 0 saturated carbocycles. The molecule has 0 radical (unpaired) electrons. The van der Waals surface area contributed by atoms with Crippen LogP contribution in [0.2, 0.25) is 5.02 Å². The van der Waals surface area contributed by atoms with E-state index in [1.54, 1.807) is 6.20 Å². The Morgan fingerprint density at radius 3 is 2.67 bits per heavy atom. The molecule has 0 aliphatic rings. The minimum atomic E-state index is 0.567. The van der Waals surface area contributed by atoms with Gasteiger partial charge in [-0.3, -0.25) is 0 Å². The van der Waals surface area contributed by atoms with Gasteiger partial charge >= 0.3 is 0 Å². The number of nitrogens with zero attached hydrogens (tertiary/aromatic N) is 3. The van der Waals surface area contributed by atoms with Crippen LogP contribution in [0.1, 0.15) is 11.1 Å². The highest BCUT2D eigenvalue weighted by atomic mass is 35.5. The second kappa shape index (κ2) is 6.77. The quantitative estimate of drug-likeness (QED) is 0.765. The molecule has 0 bridgehead atoms. The van der Waals surface area contributed by atoms with E-state index in [2.05, 4.69) is 16.4 Å². The molecule has 0 aliphatic carbocycles. The average molecular weight is 337 g/mol. The monoisotopic (exact) mass is 336 g/mol. The molecule has 2 aromatic carbocycles. The first-order chi connectivity index (χ1) is 11.6. The van der Waals surface area contributed by atoms with Crippen molar-refractivity contribution < 1.29 is 0 Å². The van der Waals surface area contributed by atoms with Crippen LogP contribution in [-0.2, 0) is 6.54 Å². The summed E-state index contributed by atoms with van der Waals surface area (Å²) < 4.78 is 0. The topological polar surface area (TPSA) is 52.0 Å². The number of fused-ring (bicyclic) bond motifs is 1. The van der Waals surface area contributed by atoms with Crippen LogP contribution >= 0.6 is 11.6 Å². The Morgan fingerprint density at radius 2 is 1.96 bits per heavy atom. The Kier molecular flexibility index (Phi) is 4.54. The highest BCUT2D eigenvalue weighted by Crippen LogP contribution is 2.32. The van der Waals surface area contributed by atoms with E-state index in [1.165, 1.54) is 0 Å². The first kappa shape index (κ1) is 16.1. The lowest BCUT2D eigenvalue weighted by Gasteiger charge is -2.18. The van der Waals surface area contributed by atoms with Gasteiger partial charge in [-0.1, -0.05) is 41.9 Å². The summed E-state index contributed by atoms with van der Waals surface area (Å²) in [4.78, 5) is 6.48. The van der Waals surface area contributed by atoms with Gasteiger partial charge in [-0.2, -0.15) is 5.26 Å². The maximum atomic E-state index is 9.49. The second-order valence-corrected chi connectivity index (χ2v) is 6.08. The van der Waals surface area contributed by atoms with Gasteiger partial charge in [0, 0.05) is 36.4 Å². The van der Waals surface area contributed by atoms with Gasteiger partial charge in [-0.25, -0.2) is 4.98 Å². The van der Waals surface area contributed by atoms with Crippen LogP contribution in [0.15, 0.2) is 48.7 Å². The summed E-state index contributed by atoms with van der Waals surface area (Å²) in [5.41, 5.74) is 2.45. The third kappa shape index (κ3) is 2.99. The van der Waals surface area contributed by atoms with Crippen LogP contribution < -0.4 is 10.2 Å². The maximum absolute atomic E-state index is 9.49. The van der Waals surface area contributed by atoms with Crippen molar-refractivity contribution in [3.63, 3.8) is 0 Å². The van der Waals surface area contributed by atoms with Crippen LogP contribution in [0.25, 0.3) is 10.8 Å². The zero-order chi connectivity index (χ0) is 17.1. The fourth-order valence-corrected chi connectivity index (χ4v) is 2.91. The van der Waals surface area contributed by atoms with E-state index >= 15 is 0 Å². The summed E-state index contributed by atoms with van der Waals surface area (Å²) in [6.45, 7) is 0.567. The molecule has 1 heterocycles. The first-order valence-corrected chi connectivity index (χ1v) is 7.96. The predicted octanol–water partition coefficient (Wildman–Crippen LogP) is 4.44. The van der Waals surface area contributed by atoms with Crippen molar-refractivity contribution in [2.24, 2.45) is 0 Å². The van der Waals surface area contributed by atoms with Gasteiger partial charge < -0.3 is 10.2 Å². The van der Waals surface area contributed by atoms with Crippen molar-refractivity contribution in [1.29, 1.82) is 5.26 Å². The normalized spacial score (nSPS) is 10.4. The standard InChI is InChI=1S/C19H17ClN4/c1-24(2)19-15-8-5-7-13(10-21)18(15)17(12-23-19)22-11-14-6-3-4-9-16(14)20/h3-9,12,22H,11H2,1-2H3. The maximum Gasteiger partial charge on any atom is 0.136 e. The van der Waals surface area contributed by atoms with Crippen molar-refractivity contribution in [3.8, 4) is 6.07 Å². The lowest BCUT2D eigenvalue weighted by molar-refractivity contribution is 1.08. The Hall–Kier alpha value is -2.77. The lowest BCUT2D eigenvalue weighted by Crippen LogP contribution is -2.12. The number of halogens is 1. The number of hydrogen-bond acceptors (Lipinski definition) is 4. The van der Waals surface area contributed by atoms with Crippen LogP contribution in [0.4, 0.5) is 11.5 Å². The number of rotatable bonds is 4. The van der Waals surface area contributed by atoms with Crippen LogP contribution in [0.3, 0.4) is 0 Å². The van der Waals surface area contributed by atoms with Crippen LogP contribution in [0, 0.1) is 11.3 Å². The van der Waals surface area contributed by atoms with Crippen LogP contribution in [0.5, 0.6) is 0 Å². The summed E-state index contributed by atoms with van der Waals surface area (Å²) in [6.07, 6.45) is 1.77. The van der Waals surface area contributed by atoms with Gasteiger partial charge in [-0.05, 0) is 17.7 Å². The highest BCUT2D eigenvalue weighted by Gasteiger charge is 2.13. The number of benzene rings is 2. The van der Waals surface area contributed by atoms with Crippen molar-refractivity contribution in [2.75, 3.05) is 24.3 Å². The third-order valence-corrected chi connectivity index (χ3v) is 4.23. The summed E-state index contributed by atoms with van der Waals surface area (Å²) in [5.74, 6) is 0.838. The molecule has 0 saturated heterocycles. The van der Waals surface area contributed by atoms with Crippen molar-refractivity contribution >= 4 is 33.9 Å².